The number of halogens is 3. The summed E-state index contributed by atoms with van der Waals surface area (Å²) >= 11 is 0. The second kappa shape index (κ2) is 5.54. The molecule has 1 atom stereocenters. The van der Waals surface area contributed by atoms with E-state index in [2.05, 4.69) is 15.5 Å². The summed E-state index contributed by atoms with van der Waals surface area (Å²) < 4.78 is 66.5. The van der Waals surface area contributed by atoms with Crippen LogP contribution >= 0.6 is 0 Å². The number of alkyl halides is 3. The molecule has 12 heteroatoms. The van der Waals surface area contributed by atoms with Gasteiger partial charge in [0, 0.05) is 0 Å². The average molecular weight is 315 g/mol. The van der Waals surface area contributed by atoms with Crippen LogP contribution in [0.15, 0.2) is 4.42 Å². The van der Waals surface area contributed by atoms with Crippen molar-refractivity contribution in [2.45, 2.75) is 25.1 Å². The molecular formula is C8H12F3N5O3S. The summed E-state index contributed by atoms with van der Waals surface area (Å²) in [4.78, 5) is 0. The maximum absolute atomic E-state index is 11.9. The van der Waals surface area contributed by atoms with E-state index in [1.165, 1.54) is 4.72 Å². The zero-order valence-corrected chi connectivity index (χ0v) is 10.9. The Bertz CT molecular complexity index is 552. The summed E-state index contributed by atoms with van der Waals surface area (Å²) in [5, 5.41) is 10.1. The van der Waals surface area contributed by atoms with E-state index >= 15 is 0 Å². The van der Waals surface area contributed by atoms with Crippen LogP contribution in [0.25, 0.3) is 0 Å². The quantitative estimate of drug-likeness (QED) is 0.721. The lowest BCUT2D eigenvalue weighted by atomic mass is 10.2. The van der Waals surface area contributed by atoms with Crippen molar-refractivity contribution >= 4 is 16.2 Å². The standard InChI is InChI=1S/C8H12F3N5O3S/c9-8(10,11)4-13-20(17,18)16-7-15-14-6(19-7)5-2-1-3-12-5/h5,12-13H,1-4H2,(H,15,16). The summed E-state index contributed by atoms with van der Waals surface area (Å²) in [6, 6.07) is -0.646. The third kappa shape index (κ3) is 4.31. The smallest absolute Gasteiger partial charge is 0.402 e. The monoisotopic (exact) mass is 315 g/mol. The summed E-state index contributed by atoms with van der Waals surface area (Å²) in [6.45, 7) is -0.908. The van der Waals surface area contributed by atoms with Gasteiger partial charge in [-0.1, -0.05) is 5.10 Å². The van der Waals surface area contributed by atoms with Gasteiger partial charge in [-0.05, 0) is 19.4 Å². The van der Waals surface area contributed by atoms with Gasteiger partial charge in [0.15, 0.2) is 0 Å². The topological polar surface area (TPSA) is 109 Å². The van der Waals surface area contributed by atoms with Gasteiger partial charge in [0.2, 0.25) is 5.89 Å². The van der Waals surface area contributed by atoms with Gasteiger partial charge in [-0.15, -0.1) is 5.10 Å². The van der Waals surface area contributed by atoms with E-state index in [-0.39, 0.29) is 11.9 Å². The lowest BCUT2D eigenvalue weighted by Gasteiger charge is -2.08. The molecule has 2 rings (SSSR count). The fourth-order valence-corrected chi connectivity index (χ4v) is 2.38. The average Bonchev–Trinajstić information content (AvgIpc) is 2.95. The van der Waals surface area contributed by atoms with Crippen molar-refractivity contribution in [3.8, 4) is 0 Å². The van der Waals surface area contributed by atoms with Gasteiger partial charge >= 0.3 is 22.4 Å². The molecule has 8 nitrogen and oxygen atoms in total. The number of hydrogen-bond acceptors (Lipinski definition) is 6. The Morgan fingerprint density at radius 3 is 2.75 bits per heavy atom. The summed E-state index contributed by atoms with van der Waals surface area (Å²) in [5.74, 6) is 0.191. The minimum Gasteiger partial charge on any atom is -0.406 e. The predicted molar refractivity (Wildman–Crippen MR) is 60.9 cm³/mol. The van der Waals surface area contributed by atoms with E-state index in [0.29, 0.717) is 0 Å². The maximum Gasteiger partial charge on any atom is 0.402 e. The second-order valence-electron chi connectivity index (χ2n) is 4.14. The SMILES string of the molecule is O=S(=O)(NCC(F)(F)F)Nc1nnc(C2CCCN2)o1. The normalized spacial score (nSPS) is 20.2. The molecule has 0 bridgehead atoms. The zero-order valence-electron chi connectivity index (χ0n) is 10.1. The summed E-state index contributed by atoms with van der Waals surface area (Å²) in [5.41, 5.74) is 0. The molecule has 114 valence electrons. The molecule has 1 fully saturated rings. The maximum atomic E-state index is 11.9. The molecule has 0 saturated carbocycles. The lowest BCUT2D eigenvalue weighted by molar-refractivity contribution is -0.121. The van der Waals surface area contributed by atoms with Crippen LogP contribution < -0.4 is 14.8 Å². The molecule has 1 aliphatic heterocycles. The highest BCUT2D eigenvalue weighted by molar-refractivity contribution is 7.90. The van der Waals surface area contributed by atoms with Crippen molar-refractivity contribution in [1.82, 2.24) is 20.2 Å². The number of aromatic nitrogens is 2. The fraction of sp³-hybridized carbons (Fsp3) is 0.750. The van der Waals surface area contributed by atoms with Crippen LogP contribution in [-0.4, -0.2) is 37.9 Å². The van der Waals surface area contributed by atoms with Crippen molar-refractivity contribution in [1.29, 1.82) is 0 Å². The van der Waals surface area contributed by atoms with Gasteiger partial charge in [-0.25, -0.2) is 4.72 Å². The largest absolute Gasteiger partial charge is 0.406 e. The van der Waals surface area contributed by atoms with E-state index in [0.717, 1.165) is 19.4 Å². The van der Waals surface area contributed by atoms with Crippen LogP contribution in [0.5, 0.6) is 0 Å². The molecule has 1 aromatic rings. The molecule has 1 saturated heterocycles. The van der Waals surface area contributed by atoms with Crippen molar-refractivity contribution in [2.24, 2.45) is 0 Å². The van der Waals surface area contributed by atoms with Crippen molar-refractivity contribution in [3.63, 3.8) is 0 Å². The lowest BCUT2D eigenvalue weighted by Crippen LogP contribution is -2.37. The van der Waals surface area contributed by atoms with Crippen molar-refractivity contribution in [2.75, 3.05) is 17.8 Å². The molecule has 1 unspecified atom stereocenters. The van der Waals surface area contributed by atoms with Crippen LogP contribution in [0.2, 0.25) is 0 Å². The number of nitrogens with one attached hydrogen (secondary N) is 3. The Balaban J connectivity index is 1.95. The molecule has 20 heavy (non-hydrogen) atoms. The van der Waals surface area contributed by atoms with Crippen LogP contribution in [0.1, 0.15) is 24.8 Å². The summed E-state index contributed by atoms with van der Waals surface area (Å²) in [7, 11) is -4.41. The number of nitrogens with zero attached hydrogens (tertiary/aromatic N) is 2. The van der Waals surface area contributed by atoms with Gasteiger partial charge in [0.05, 0.1) is 6.04 Å². The molecule has 0 amide bonds. The first kappa shape index (κ1) is 15.0. The number of hydrogen-bond donors (Lipinski definition) is 3. The van der Waals surface area contributed by atoms with E-state index in [1.54, 1.807) is 4.72 Å². The second-order valence-corrected chi connectivity index (χ2v) is 5.64. The highest BCUT2D eigenvalue weighted by atomic mass is 32.2. The third-order valence-corrected chi connectivity index (χ3v) is 3.45. The van der Waals surface area contributed by atoms with Gasteiger partial charge in [-0.2, -0.15) is 26.3 Å². The minimum absolute atomic E-state index is 0.163. The molecule has 2 heterocycles. The van der Waals surface area contributed by atoms with Crippen LogP contribution in [0.3, 0.4) is 0 Å². The highest BCUT2D eigenvalue weighted by Gasteiger charge is 2.30. The third-order valence-electron chi connectivity index (χ3n) is 2.48. The van der Waals surface area contributed by atoms with Crippen molar-refractivity contribution in [3.05, 3.63) is 5.89 Å². The van der Waals surface area contributed by atoms with Gasteiger partial charge in [0.25, 0.3) is 0 Å². The first-order chi connectivity index (χ1) is 9.25. The molecule has 0 radical (unpaired) electrons. The van der Waals surface area contributed by atoms with Crippen molar-refractivity contribution < 1.29 is 26.0 Å². The molecular weight excluding hydrogens is 303 g/mol. The van der Waals surface area contributed by atoms with Crippen LogP contribution in [0, 0.1) is 0 Å². The molecule has 0 aliphatic carbocycles. The number of anilines is 1. The fourth-order valence-electron chi connectivity index (χ4n) is 1.64. The molecule has 0 spiro atoms. The highest BCUT2D eigenvalue weighted by Crippen LogP contribution is 2.23. The molecule has 0 aromatic carbocycles. The first-order valence-corrected chi connectivity index (χ1v) is 7.14. The molecule has 1 aromatic heterocycles. The number of rotatable bonds is 5. The Morgan fingerprint density at radius 1 is 1.40 bits per heavy atom. The first-order valence-electron chi connectivity index (χ1n) is 5.66. The Hall–Kier alpha value is -1.40. The Morgan fingerprint density at radius 2 is 2.15 bits per heavy atom. The molecule has 1 aliphatic rings. The Labute approximate surface area is 112 Å². The zero-order chi connectivity index (χ0) is 14.8. The van der Waals surface area contributed by atoms with E-state index < -0.39 is 28.9 Å². The molecule has 3 N–H and O–H groups in total. The minimum atomic E-state index is -4.65. The van der Waals surface area contributed by atoms with E-state index in [4.69, 9.17) is 4.42 Å². The van der Waals surface area contributed by atoms with Gasteiger partial charge in [0.1, 0.15) is 6.54 Å². The van der Waals surface area contributed by atoms with E-state index in [1.807, 2.05) is 0 Å². The van der Waals surface area contributed by atoms with Gasteiger partial charge in [-0.3, -0.25) is 0 Å². The van der Waals surface area contributed by atoms with E-state index in [9.17, 15) is 21.6 Å². The van der Waals surface area contributed by atoms with Crippen LogP contribution in [-0.2, 0) is 10.2 Å². The Kier molecular flexibility index (Phi) is 4.15. The summed E-state index contributed by atoms with van der Waals surface area (Å²) in [6.07, 6.45) is -2.97. The predicted octanol–water partition coefficient (Wildman–Crippen LogP) is 0.303. The van der Waals surface area contributed by atoms with Gasteiger partial charge < -0.3 is 9.73 Å². The van der Waals surface area contributed by atoms with Crippen LogP contribution in [0.4, 0.5) is 19.2 Å².